The molecule has 0 aromatic heterocycles. The molecule has 0 unspecified atom stereocenters. The zero-order chi connectivity index (χ0) is 13.9. The van der Waals surface area contributed by atoms with Crippen LogP contribution in [0.5, 0.6) is 0 Å². The van der Waals surface area contributed by atoms with Crippen LogP contribution in [0.2, 0.25) is 0 Å². The predicted octanol–water partition coefficient (Wildman–Crippen LogP) is 2.94. The molecule has 104 valence electrons. The van der Waals surface area contributed by atoms with Gasteiger partial charge in [0, 0.05) is 6.08 Å². The molecule has 0 saturated heterocycles. The molecule has 1 N–H and O–H groups in total. The monoisotopic (exact) mass is 261 g/mol. The van der Waals surface area contributed by atoms with Crippen LogP contribution in [0.1, 0.15) is 30.9 Å². The van der Waals surface area contributed by atoms with Crippen molar-refractivity contribution in [3.63, 3.8) is 0 Å². The fraction of sp³-hybridized carbons (Fsp3) is 0.438. The van der Waals surface area contributed by atoms with E-state index in [0.29, 0.717) is 6.61 Å². The minimum atomic E-state index is -0.281. The molecule has 0 heterocycles. The summed E-state index contributed by atoms with van der Waals surface area (Å²) in [5.41, 5.74) is 2.21. The van der Waals surface area contributed by atoms with Crippen molar-refractivity contribution in [1.29, 1.82) is 0 Å². The highest BCUT2D eigenvalue weighted by Crippen LogP contribution is 2.05. The van der Waals surface area contributed by atoms with Crippen LogP contribution in [-0.4, -0.2) is 25.7 Å². The van der Waals surface area contributed by atoms with Gasteiger partial charge in [-0.2, -0.15) is 0 Å². The van der Waals surface area contributed by atoms with Gasteiger partial charge in [0.1, 0.15) is 0 Å². The highest BCUT2D eigenvalue weighted by molar-refractivity contribution is 5.87. The van der Waals surface area contributed by atoms with E-state index in [4.69, 9.17) is 4.74 Å². The maximum absolute atomic E-state index is 11.4. The van der Waals surface area contributed by atoms with E-state index in [1.807, 2.05) is 31.2 Å². The van der Waals surface area contributed by atoms with Crippen LogP contribution < -0.4 is 5.32 Å². The van der Waals surface area contributed by atoms with Crippen molar-refractivity contribution in [3.8, 4) is 0 Å². The van der Waals surface area contributed by atoms with E-state index in [0.717, 1.165) is 31.5 Å². The van der Waals surface area contributed by atoms with Crippen LogP contribution in [0.25, 0.3) is 6.08 Å². The minimum Gasteiger partial charge on any atom is -0.462 e. The quantitative estimate of drug-likeness (QED) is 0.444. The molecule has 1 aromatic rings. The number of esters is 1. The van der Waals surface area contributed by atoms with Gasteiger partial charge >= 0.3 is 5.97 Å². The molecule has 0 spiro atoms. The Morgan fingerprint density at radius 2 is 2.00 bits per heavy atom. The average molecular weight is 261 g/mol. The molecule has 3 nitrogen and oxygen atoms in total. The van der Waals surface area contributed by atoms with Crippen molar-refractivity contribution in [1.82, 2.24) is 5.32 Å². The van der Waals surface area contributed by atoms with Gasteiger partial charge in [-0.05, 0) is 44.5 Å². The van der Waals surface area contributed by atoms with E-state index >= 15 is 0 Å². The molecule has 0 saturated carbocycles. The molecule has 0 aliphatic rings. The number of carbonyl (C=O) groups excluding carboxylic acids is 1. The highest BCUT2D eigenvalue weighted by atomic mass is 16.5. The lowest BCUT2D eigenvalue weighted by molar-refractivity contribution is -0.137. The number of aryl methyl sites for hydroxylation is 1. The molecular formula is C16H23NO2. The van der Waals surface area contributed by atoms with E-state index in [2.05, 4.69) is 12.2 Å². The number of benzene rings is 1. The smallest absolute Gasteiger partial charge is 0.330 e. The molecule has 0 fully saturated rings. The first-order chi connectivity index (χ1) is 9.22. The Balaban J connectivity index is 2.18. The van der Waals surface area contributed by atoms with Gasteiger partial charge in [-0.1, -0.05) is 36.8 Å². The van der Waals surface area contributed by atoms with Crippen LogP contribution in [0.3, 0.4) is 0 Å². The summed E-state index contributed by atoms with van der Waals surface area (Å²) in [5, 5.41) is 3.26. The summed E-state index contributed by atoms with van der Waals surface area (Å²) >= 11 is 0. The molecule has 0 aliphatic heterocycles. The molecule has 0 radical (unpaired) electrons. The van der Waals surface area contributed by atoms with Crippen LogP contribution in [0.4, 0.5) is 0 Å². The second-order valence-corrected chi connectivity index (χ2v) is 4.52. The summed E-state index contributed by atoms with van der Waals surface area (Å²) in [6.45, 7) is 6.54. The van der Waals surface area contributed by atoms with Crippen molar-refractivity contribution >= 4 is 12.0 Å². The Morgan fingerprint density at radius 1 is 1.26 bits per heavy atom. The molecule has 0 atom stereocenters. The molecular weight excluding hydrogens is 238 g/mol. The van der Waals surface area contributed by atoms with Gasteiger partial charge in [-0.25, -0.2) is 4.79 Å². The largest absolute Gasteiger partial charge is 0.462 e. The van der Waals surface area contributed by atoms with Gasteiger partial charge < -0.3 is 10.1 Å². The SMILES string of the molecule is CCCNCCCOC(=O)/C=C/c1ccc(C)cc1. The number of nitrogens with one attached hydrogen (secondary N) is 1. The lowest BCUT2D eigenvalue weighted by atomic mass is 10.1. The average Bonchev–Trinajstić information content (AvgIpc) is 2.42. The van der Waals surface area contributed by atoms with E-state index in [1.165, 1.54) is 11.6 Å². The zero-order valence-electron chi connectivity index (χ0n) is 11.8. The first-order valence-electron chi connectivity index (χ1n) is 6.84. The topological polar surface area (TPSA) is 38.3 Å². The van der Waals surface area contributed by atoms with Crippen LogP contribution in [-0.2, 0) is 9.53 Å². The van der Waals surface area contributed by atoms with Crippen molar-refractivity contribution < 1.29 is 9.53 Å². The lowest BCUT2D eigenvalue weighted by Gasteiger charge is -2.03. The van der Waals surface area contributed by atoms with Gasteiger partial charge in [-0.15, -0.1) is 0 Å². The first kappa shape index (κ1) is 15.4. The standard InChI is InChI=1S/C16H23NO2/c1-3-11-17-12-4-13-19-16(18)10-9-15-7-5-14(2)6-8-15/h5-10,17H,3-4,11-13H2,1-2H3/b10-9+. The molecule has 1 aromatic carbocycles. The van der Waals surface area contributed by atoms with Crippen molar-refractivity contribution in [2.45, 2.75) is 26.7 Å². The van der Waals surface area contributed by atoms with E-state index in [1.54, 1.807) is 6.08 Å². The third-order valence-electron chi connectivity index (χ3n) is 2.66. The molecule has 0 amide bonds. The summed E-state index contributed by atoms with van der Waals surface area (Å²) < 4.78 is 5.10. The molecule has 3 heteroatoms. The maximum Gasteiger partial charge on any atom is 0.330 e. The first-order valence-corrected chi connectivity index (χ1v) is 6.84. The summed E-state index contributed by atoms with van der Waals surface area (Å²) in [6.07, 6.45) is 5.23. The Hall–Kier alpha value is -1.61. The minimum absolute atomic E-state index is 0.281. The number of ether oxygens (including phenoxy) is 1. The fourth-order valence-corrected chi connectivity index (χ4v) is 1.56. The summed E-state index contributed by atoms with van der Waals surface area (Å²) in [6, 6.07) is 8.00. The lowest BCUT2D eigenvalue weighted by Crippen LogP contribution is -2.18. The number of hydrogen-bond acceptors (Lipinski definition) is 3. The van der Waals surface area contributed by atoms with Crippen LogP contribution in [0, 0.1) is 6.92 Å². The van der Waals surface area contributed by atoms with Gasteiger partial charge in [0.15, 0.2) is 0 Å². The van der Waals surface area contributed by atoms with Crippen molar-refractivity contribution in [3.05, 3.63) is 41.5 Å². The molecule has 19 heavy (non-hydrogen) atoms. The predicted molar refractivity (Wildman–Crippen MR) is 78.9 cm³/mol. The molecule has 0 bridgehead atoms. The van der Waals surface area contributed by atoms with Crippen LogP contribution in [0.15, 0.2) is 30.3 Å². The third kappa shape index (κ3) is 7.42. The van der Waals surface area contributed by atoms with Crippen LogP contribution >= 0.6 is 0 Å². The van der Waals surface area contributed by atoms with Crippen molar-refractivity contribution in [2.24, 2.45) is 0 Å². The number of carbonyl (C=O) groups is 1. The number of rotatable bonds is 8. The summed E-state index contributed by atoms with van der Waals surface area (Å²) in [4.78, 5) is 11.4. The van der Waals surface area contributed by atoms with Gasteiger partial charge in [-0.3, -0.25) is 0 Å². The maximum atomic E-state index is 11.4. The highest BCUT2D eigenvalue weighted by Gasteiger charge is 1.96. The van der Waals surface area contributed by atoms with Crippen molar-refractivity contribution in [2.75, 3.05) is 19.7 Å². The van der Waals surface area contributed by atoms with Gasteiger partial charge in [0.25, 0.3) is 0 Å². The molecule has 1 rings (SSSR count). The van der Waals surface area contributed by atoms with Gasteiger partial charge in [0.05, 0.1) is 6.61 Å². The van der Waals surface area contributed by atoms with E-state index < -0.39 is 0 Å². The molecule has 0 aliphatic carbocycles. The Morgan fingerprint density at radius 3 is 2.68 bits per heavy atom. The third-order valence-corrected chi connectivity index (χ3v) is 2.66. The Labute approximate surface area is 115 Å². The second kappa shape index (κ2) is 9.34. The van der Waals surface area contributed by atoms with Gasteiger partial charge in [0.2, 0.25) is 0 Å². The Kier molecular flexibility index (Phi) is 7.59. The Bertz CT molecular complexity index is 396. The summed E-state index contributed by atoms with van der Waals surface area (Å²) in [7, 11) is 0. The summed E-state index contributed by atoms with van der Waals surface area (Å²) in [5.74, 6) is -0.281. The number of hydrogen-bond donors (Lipinski definition) is 1. The normalized spacial score (nSPS) is 10.8. The second-order valence-electron chi connectivity index (χ2n) is 4.52. The zero-order valence-corrected chi connectivity index (χ0v) is 11.8. The van der Waals surface area contributed by atoms with E-state index in [-0.39, 0.29) is 5.97 Å². The fourth-order valence-electron chi connectivity index (χ4n) is 1.56. The van der Waals surface area contributed by atoms with E-state index in [9.17, 15) is 4.79 Å².